The van der Waals surface area contributed by atoms with Crippen LogP contribution in [0.4, 0.5) is 0 Å². The van der Waals surface area contributed by atoms with Crippen molar-refractivity contribution in [2.24, 2.45) is 0 Å². The largest absolute Gasteiger partial charge is 0.0958 e. The normalized spacial score (nSPS) is 14.5. The maximum atomic E-state index is 4.33. The molecule has 1 unspecified atom stereocenters. The number of hydrogen-bond acceptors (Lipinski definition) is 0. The Morgan fingerprint density at radius 3 is 1.08 bits per heavy atom. The Morgan fingerprint density at radius 1 is 0.600 bits per heavy atom. The minimum atomic E-state index is -1.31. The van der Waals surface area contributed by atoms with E-state index < -0.39 is 24.2 Å². The van der Waals surface area contributed by atoms with Gasteiger partial charge in [0.1, 0.15) is 0 Å². The number of hydrogen-bond donors (Lipinski definition) is 0. The standard InChI is InChI=1S/C21H47Si4/c1-10-23(11-2,12-3)20(22)19-21(24(13-4,14-5)15-6)25(16-7,17-8)18-9/h19-20H,10-18H2,1-9H3. The van der Waals surface area contributed by atoms with E-state index in [1.807, 2.05) is 0 Å². The summed E-state index contributed by atoms with van der Waals surface area (Å²) in [5, 5.41) is 0.676. The summed E-state index contributed by atoms with van der Waals surface area (Å²) in [7, 11) is 0.476. The van der Waals surface area contributed by atoms with Gasteiger partial charge in [-0.3, -0.25) is 0 Å². The van der Waals surface area contributed by atoms with Gasteiger partial charge in [-0.1, -0.05) is 128 Å². The highest BCUT2D eigenvalue weighted by Gasteiger charge is 2.44. The molecule has 0 aromatic carbocycles. The van der Waals surface area contributed by atoms with Crippen LogP contribution in [0.25, 0.3) is 0 Å². The van der Waals surface area contributed by atoms with Gasteiger partial charge in [0.05, 0.1) is 24.2 Å². The lowest BCUT2D eigenvalue weighted by Gasteiger charge is -2.45. The maximum Gasteiger partial charge on any atom is 0.0761 e. The molecular weight excluding hydrogens is 365 g/mol. The van der Waals surface area contributed by atoms with Gasteiger partial charge < -0.3 is 0 Å². The van der Waals surface area contributed by atoms with Crippen LogP contribution in [0.3, 0.4) is 0 Å². The fourth-order valence-electron chi connectivity index (χ4n) is 5.31. The number of rotatable bonds is 13. The molecule has 0 saturated heterocycles. The van der Waals surface area contributed by atoms with E-state index in [4.69, 9.17) is 0 Å². The van der Waals surface area contributed by atoms with Crippen LogP contribution >= 0.6 is 0 Å². The van der Waals surface area contributed by atoms with Gasteiger partial charge in [-0.25, -0.2) is 0 Å². The molecular formula is C21H47Si4. The molecule has 1 atom stereocenters. The molecule has 0 saturated carbocycles. The van der Waals surface area contributed by atoms with Crippen LogP contribution < -0.4 is 0 Å². The monoisotopic (exact) mass is 411 g/mol. The van der Waals surface area contributed by atoms with Crippen LogP contribution in [0, 0.1) is 0 Å². The molecule has 0 aromatic rings. The zero-order chi connectivity index (χ0) is 19.7. The molecule has 0 aliphatic carbocycles. The second-order valence-corrected chi connectivity index (χ2v) is 25.8. The van der Waals surface area contributed by atoms with Crippen LogP contribution in [-0.2, 0) is 0 Å². The third-order valence-corrected chi connectivity index (χ3v) is 29.9. The first-order valence-corrected chi connectivity index (χ1v) is 19.8. The van der Waals surface area contributed by atoms with Gasteiger partial charge in [-0.05, 0) is 5.16 Å². The molecule has 0 N–H and O–H groups in total. The Morgan fingerprint density at radius 2 is 0.880 bits per heavy atom. The highest BCUT2D eigenvalue weighted by atomic mass is 28.4. The molecule has 0 aliphatic rings. The molecule has 0 fully saturated rings. The highest BCUT2D eigenvalue weighted by molar-refractivity contribution is 7.07. The lowest BCUT2D eigenvalue weighted by atomic mass is 10.7. The minimum Gasteiger partial charge on any atom is -0.0958 e. The summed E-state index contributed by atoms with van der Waals surface area (Å²) in [6.07, 6.45) is 2.88. The second-order valence-electron chi connectivity index (χ2n) is 8.16. The molecule has 0 heterocycles. The highest BCUT2D eigenvalue weighted by Crippen LogP contribution is 2.43. The van der Waals surface area contributed by atoms with Crippen molar-refractivity contribution in [2.75, 3.05) is 0 Å². The summed E-state index contributed by atoms with van der Waals surface area (Å²) < 4.78 is 0. The topological polar surface area (TPSA) is 0 Å². The molecule has 0 aromatic heterocycles. The van der Waals surface area contributed by atoms with Crippen molar-refractivity contribution >= 4 is 34.5 Å². The van der Waals surface area contributed by atoms with E-state index in [0.717, 1.165) is 0 Å². The second kappa shape index (κ2) is 11.5. The van der Waals surface area contributed by atoms with Gasteiger partial charge >= 0.3 is 0 Å². The van der Waals surface area contributed by atoms with Gasteiger partial charge in [0.2, 0.25) is 0 Å². The van der Waals surface area contributed by atoms with E-state index in [0.29, 0.717) is 5.16 Å². The van der Waals surface area contributed by atoms with Crippen LogP contribution in [-0.4, -0.2) is 34.5 Å². The third kappa shape index (κ3) is 5.11. The van der Waals surface area contributed by atoms with Gasteiger partial charge in [-0.15, -0.1) is 0 Å². The summed E-state index contributed by atoms with van der Waals surface area (Å²) in [5.74, 6) is 0. The van der Waals surface area contributed by atoms with E-state index >= 15 is 0 Å². The van der Waals surface area contributed by atoms with Crippen LogP contribution in [0.5, 0.6) is 0 Å². The average molecular weight is 412 g/mol. The Balaban J connectivity index is 6.49. The smallest absolute Gasteiger partial charge is 0.0761 e. The van der Waals surface area contributed by atoms with Gasteiger partial charge in [0, 0.05) is 10.2 Å². The molecule has 0 bridgehead atoms. The van der Waals surface area contributed by atoms with E-state index in [1.54, 1.807) is 0 Å². The molecule has 0 rings (SSSR count). The van der Waals surface area contributed by atoms with Gasteiger partial charge in [0.25, 0.3) is 0 Å². The van der Waals surface area contributed by atoms with Crippen molar-refractivity contribution in [3.8, 4) is 0 Å². The lowest BCUT2D eigenvalue weighted by molar-refractivity contribution is 1.10. The number of allylic oxidation sites excluding steroid dienone is 1. The quantitative estimate of drug-likeness (QED) is 0.269. The third-order valence-electron chi connectivity index (χ3n) is 8.31. The first-order valence-electron chi connectivity index (χ1n) is 11.2. The summed E-state index contributed by atoms with van der Waals surface area (Å²) in [6.45, 7) is 22.4. The minimum absolute atomic E-state index is 0.676. The Bertz CT molecular complexity index is 344. The Labute approximate surface area is 167 Å². The summed E-state index contributed by atoms with van der Waals surface area (Å²) in [6, 6.07) is 12.9. The van der Waals surface area contributed by atoms with Crippen molar-refractivity contribution in [1.82, 2.24) is 0 Å². The predicted octanol–water partition coefficient (Wildman–Crippen LogP) is 8.01. The zero-order valence-electron chi connectivity index (χ0n) is 19.0. The van der Waals surface area contributed by atoms with E-state index in [1.165, 1.54) is 54.4 Å². The fraction of sp³-hybridized carbons (Fsp3) is 0.905. The summed E-state index contributed by atoms with van der Waals surface area (Å²) in [5.41, 5.74) is 0. The van der Waals surface area contributed by atoms with Crippen molar-refractivity contribution in [3.63, 3.8) is 0 Å². The lowest BCUT2D eigenvalue weighted by Crippen LogP contribution is -2.50. The summed E-state index contributed by atoms with van der Waals surface area (Å²) in [4.78, 5) is 2.08. The van der Waals surface area contributed by atoms with Crippen molar-refractivity contribution < 1.29 is 0 Å². The Hall–Kier alpha value is 0.608. The summed E-state index contributed by atoms with van der Waals surface area (Å²) >= 11 is 0. The molecule has 0 amide bonds. The molecule has 4 heteroatoms. The predicted molar refractivity (Wildman–Crippen MR) is 129 cm³/mol. The van der Waals surface area contributed by atoms with Crippen molar-refractivity contribution in [2.45, 2.75) is 122 Å². The van der Waals surface area contributed by atoms with Crippen LogP contribution in [0.15, 0.2) is 10.9 Å². The Kier molecular flexibility index (Phi) is 11.7. The van der Waals surface area contributed by atoms with Gasteiger partial charge in [-0.2, -0.15) is 0 Å². The van der Waals surface area contributed by atoms with Crippen LogP contribution in [0.1, 0.15) is 62.3 Å². The zero-order valence-corrected chi connectivity index (χ0v) is 23.0. The van der Waals surface area contributed by atoms with E-state index in [2.05, 4.69) is 83.5 Å². The first kappa shape index (κ1) is 25.6. The average Bonchev–Trinajstić information content (AvgIpc) is 2.67. The molecule has 0 aliphatic heterocycles. The SMILES string of the molecule is CC[Si](CC)(CC)C(=CC([Si])[Si](CC)(CC)CC)[Si](CC)(CC)CC. The molecule has 0 spiro atoms. The van der Waals surface area contributed by atoms with E-state index in [-0.39, 0.29) is 0 Å². The fourth-order valence-corrected chi connectivity index (χ4v) is 25.3. The van der Waals surface area contributed by atoms with Gasteiger partial charge in [0.15, 0.2) is 0 Å². The molecule has 0 nitrogen and oxygen atoms in total. The maximum absolute atomic E-state index is 4.33. The first-order chi connectivity index (χ1) is 11.8. The van der Waals surface area contributed by atoms with Crippen molar-refractivity contribution in [3.05, 3.63) is 10.9 Å². The molecule has 3 radical (unpaired) electrons. The molecule has 147 valence electrons. The molecule has 25 heavy (non-hydrogen) atoms. The van der Waals surface area contributed by atoms with E-state index in [9.17, 15) is 0 Å². The van der Waals surface area contributed by atoms with Crippen LogP contribution in [0.2, 0.25) is 59.6 Å². The van der Waals surface area contributed by atoms with Crippen molar-refractivity contribution in [1.29, 1.82) is 0 Å².